The molecule has 3 heterocycles. The average Bonchev–Trinajstić information content (AvgIpc) is 3.10. The molecule has 3 heteroatoms. The summed E-state index contributed by atoms with van der Waals surface area (Å²) in [5.74, 6) is 0.442. The van der Waals surface area contributed by atoms with Crippen LogP contribution < -0.4 is 5.32 Å². The molecule has 1 aliphatic carbocycles. The molecule has 22 heavy (non-hydrogen) atoms. The van der Waals surface area contributed by atoms with Gasteiger partial charge < -0.3 is 10.4 Å². The third kappa shape index (κ3) is 1.33. The van der Waals surface area contributed by atoms with Crippen LogP contribution in [0.1, 0.15) is 51.0 Å². The fourth-order valence-electron chi connectivity index (χ4n) is 6.65. The highest BCUT2D eigenvalue weighted by Crippen LogP contribution is 2.64. The highest BCUT2D eigenvalue weighted by Gasteiger charge is 2.66. The molecule has 0 bridgehead atoms. The number of nitrogens with zero attached hydrogens (tertiary/aromatic N) is 1. The van der Waals surface area contributed by atoms with Crippen molar-refractivity contribution in [3.8, 4) is 5.75 Å². The quantitative estimate of drug-likeness (QED) is 0.779. The summed E-state index contributed by atoms with van der Waals surface area (Å²) in [7, 11) is 0. The van der Waals surface area contributed by atoms with Gasteiger partial charge in [-0.3, -0.25) is 4.90 Å². The Morgan fingerprint density at radius 1 is 1.27 bits per heavy atom. The van der Waals surface area contributed by atoms with Gasteiger partial charge in [-0.1, -0.05) is 19.1 Å². The smallest absolute Gasteiger partial charge is 0.138 e. The molecule has 3 nitrogen and oxygen atoms in total. The first-order valence-corrected chi connectivity index (χ1v) is 9.04. The SMILES string of the molecule is CC[C@@]12CCCN3CC[C@]4(c5cccc(O)c5NC4CC1)C32. The normalized spacial score (nSPS) is 42.4. The lowest BCUT2D eigenvalue weighted by Gasteiger charge is -2.58. The van der Waals surface area contributed by atoms with Crippen molar-refractivity contribution in [2.24, 2.45) is 5.41 Å². The minimum absolute atomic E-state index is 0.239. The first-order chi connectivity index (χ1) is 10.7. The van der Waals surface area contributed by atoms with Gasteiger partial charge in [0.25, 0.3) is 0 Å². The summed E-state index contributed by atoms with van der Waals surface area (Å²) in [5, 5.41) is 14.1. The zero-order valence-corrected chi connectivity index (χ0v) is 13.4. The van der Waals surface area contributed by atoms with E-state index in [1.807, 2.05) is 12.1 Å². The van der Waals surface area contributed by atoms with Crippen LogP contribution in [0.25, 0.3) is 0 Å². The van der Waals surface area contributed by atoms with Gasteiger partial charge in [0.15, 0.2) is 0 Å². The van der Waals surface area contributed by atoms with Crippen LogP contribution in [0.3, 0.4) is 0 Å². The summed E-state index contributed by atoms with van der Waals surface area (Å²) in [6, 6.07) is 7.35. The number of phenols is 1. The molecule has 2 N–H and O–H groups in total. The Bertz CT molecular complexity index is 630. The van der Waals surface area contributed by atoms with E-state index in [9.17, 15) is 5.11 Å². The van der Waals surface area contributed by atoms with Gasteiger partial charge in [-0.05, 0) is 68.7 Å². The Balaban J connectivity index is 1.73. The topological polar surface area (TPSA) is 35.5 Å². The number of fused-ring (bicyclic) bond motifs is 1. The fourth-order valence-corrected chi connectivity index (χ4v) is 6.65. The Morgan fingerprint density at radius 2 is 2.18 bits per heavy atom. The van der Waals surface area contributed by atoms with E-state index in [-0.39, 0.29) is 5.41 Å². The molecule has 0 radical (unpaired) electrons. The van der Waals surface area contributed by atoms with Crippen molar-refractivity contribution in [1.29, 1.82) is 0 Å². The van der Waals surface area contributed by atoms with Crippen LogP contribution in [-0.4, -0.2) is 35.2 Å². The van der Waals surface area contributed by atoms with Crippen LogP contribution in [0.4, 0.5) is 5.69 Å². The first kappa shape index (κ1) is 13.2. The van der Waals surface area contributed by atoms with Crippen molar-refractivity contribution in [1.82, 2.24) is 4.90 Å². The average molecular weight is 298 g/mol. The van der Waals surface area contributed by atoms with Crippen molar-refractivity contribution in [2.75, 3.05) is 18.4 Å². The van der Waals surface area contributed by atoms with Crippen molar-refractivity contribution in [3.63, 3.8) is 0 Å². The number of piperidine rings is 1. The molecule has 2 unspecified atom stereocenters. The van der Waals surface area contributed by atoms with Gasteiger partial charge in [0, 0.05) is 17.5 Å². The standard InChI is InChI=1S/C19H26N2O/c1-2-18-8-4-11-21-12-10-19(17(18)21)13-5-3-6-14(22)16(13)20-15(19)7-9-18/h3,5-6,15,17,20,22H,2,4,7-12H2,1H3/t15?,17?,18-,19-/m1/s1. The second kappa shape index (κ2) is 4.19. The molecule has 2 saturated heterocycles. The van der Waals surface area contributed by atoms with Crippen molar-refractivity contribution in [2.45, 2.75) is 62.9 Å². The summed E-state index contributed by atoms with van der Waals surface area (Å²) in [5.41, 5.74) is 3.18. The molecular weight excluding hydrogens is 272 g/mol. The van der Waals surface area contributed by atoms with Gasteiger partial charge >= 0.3 is 0 Å². The molecule has 1 spiro atoms. The van der Waals surface area contributed by atoms with E-state index in [0.717, 1.165) is 5.69 Å². The molecule has 3 fully saturated rings. The van der Waals surface area contributed by atoms with E-state index >= 15 is 0 Å². The molecular formula is C19H26N2O. The minimum atomic E-state index is 0.239. The summed E-state index contributed by atoms with van der Waals surface area (Å²) in [6.45, 7) is 4.91. The number of benzene rings is 1. The van der Waals surface area contributed by atoms with Crippen LogP contribution in [0.2, 0.25) is 0 Å². The van der Waals surface area contributed by atoms with Gasteiger partial charge in [0.1, 0.15) is 5.75 Å². The highest BCUT2D eigenvalue weighted by molar-refractivity contribution is 5.71. The number of nitrogens with one attached hydrogen (secondary N) is 1. The zero-order chi connectivity index (χ0) is 14.9. The molecule has 1 saturated carbocycles. The predicted octanol–water partition coefficient (Wildman–Crippen LogP) is 3.48. The second-order valence-electron chi connectivity index (χ2n) is 7.98. The second-order valence-corrected chi connectivity index (χ2v) is 7.98. The van der Waals surface area contributed by atoms with E-state index in [2.05, 4.69) is 23.2 Å². The van der Waals surface area contributed by atoms with Gasteiger partial charge in [-0.2, -0.15) is 0 Å². The van der Waals surface area contributed by atoms with E-state index in [1.54, 1.807) is 0 Å². The number of anilines is 1. The van der Waals surface area contributed by atoms with Gasteiger partial charge in [0.2, 0.25) is 0 Å². The van der Waals surface area contributed by atoms with E-state index in [1.165, 1.54) is 57.2 Å². The van der Waals surface area contributed by atoms with Crippen LogP contribution in [0.5, 0.6) is 5.75 Å². The predicted molar refractivity (Wildman–Crippen MR) is 88.4 cm³/mol. The molecule has 1 aromatic carbocycles. The van der Waals surface area contributed by atoms with Crippen LogP contribution in [-0.2, 0) is 5.41 Å². The molecule has 4 atom stereocenters. The molecule has 1 aromatic rings. The maximum atomic E-state index is 10.3. The van der Waals surface area contributed by atoms with Gasteiger partial charge in [-0.25, -0.2) is 0 Å². The molecule has 3 aliphatic heterocycles. The number of para-hydroxylation sites is 1. The number of phenolic OH excluding ortho intramolecular Hbond substituents is 1. The number of hydrogen-bond donors (Lipinski definition) is 2. The van der Waals surface area contributed by atoms with Crippen molar-refractivity contribution < 1.29 is 5.11 Å². The highest BCUT2D eigenvalue weighted by atomic mass is 16.3. The number of hydrogen-bond acceptors (Lipinski definition) is 3. The Morgan fingerprint density at radius 3 is 3.05 bits per heavy atom. The Kier molecular flexibility index (Phi) is 2.52. The summed E-state index contributed by atoms with van der Waals surface area (Å²) in [4.78, 5) is 2.79. The van der Waals surface area contributed by atoms with Crippen molar-refractivity contribution in [3.05, 3.63) is 23.8 Å². The van der Waals surface area contributed by atoms with Gasteiger partial charge in [-0.15, -0.1) is 0 Å². The Labute approximate surface area is 132 Å². The van der Waals surface area contributed by atoms with Crippen molar-refractivity contribution >= 4 is 5.69 Å². The largest absolute Gasteiger partial charge is 0.506 e. The monoisotopic (exact) mass is 298 g/mol. The number of rotatable bonds is 1. The summed E-state index contributed by atoms with van der Waals surface area (Å²) >= 11 is 0. The molecule has 0 aromatic heterocycles. The van der Waals surface area contributed by atoms with E-state index in [4.69, 9.17) is 0 Å². The molecule has 118 valence electrons. The fraction of sp³-hybridized carbons (Fsp3) is 0.684. The summed E-state index contributed by atoms with van der Waals surface area (Å²) < 4.78 is 0. The van der Waals surface area contributed by atoms with Crippen LogP contribution in [0, 0.1) is 5.41 Å². The Hall–Kier alpha value is -1.22. The number of aromatic hydroxyl groups is 1. The van der Waals surface area contributed by atoms with Crippen LogP contribution >= 0.6 is 0 Å². The molecule has 4 aliphatic rings. The third-order valence-electron chi connectivity index (χ3n) is 7.49. The third-order valence-corrected chi connectivity index (χ3v) is 7.49. The summed E-state index contributed by atoms with van der Waals surface area (Å²) in [6.07, 6.45) is 7.92. The first-order valence-electron chi connectivity index (χ1n) is 9.04. The lowest BCUT2D eigenvalue weighted by Crippen LogP contribution is -2.63. The van der Waals surface area contributed by atoms with Gasteiger partial charge in [0.05, 0.1) is 5.69 Å². The maximum absolute atomic E-state index is 10.3. The zero-order valence-electron chi connectivity index (χ0n) is 13.4. The molecule has 5 rings (SSSR count). The molecule has 0 amide bonds. The lowest BCUT2D eigenvalue weighted by atomic mass is 9.52. The van der Waals surface area contributed by atoms with E-state index < -0.39 is 0 Å². The maximum Gasteiger partial charge on any atom is 0.138 e. The van der Waals surface area contributed by atoms with Crippen LogP contribution in [0.15, 0.2) is 18.2 Å². The lowest BCUT2D eigenvalue weighted by molar-refractivity contribution is -0.0309. The minimum Gasteiger partial charge on any atom is -0.506 e. The van der Waals surface area contributed by atoms with E-state index in [0.29, 0.717) is 23.2 Å².